The third kappa shape index (κ3) is 19.0. The smallest absolute Gasteiger partial charge is 0.0928 e. The van der Waals surface area contributed by atoms with Crippen molar-refractivity contribution in [2.75, 3.05) is 13.1 Å². The Hall–Kier alpha value is -0.630. The third-order valence-electron chi connectivity index (χ3n) is 2.19. The average molecular weight is 228 g/mol. The molecule has 0 heterocycles. The minimum atomic E-state index is -0.241. The van der Waals surface area contributed by atoms with E-state index in [1.807, 2.05) is 6.07 Å². The van der Waals surface area contributed by atoms with Gasteiger partial charge in [-0.05, 0) is 32.4 Å². The summed E-state index contributed by atoms with van der Waals surface area (Å²) in [6.07, 6.45) is 7.82. The molecule has 0 aromatic carbocycles. The molecule has 0 rings (SSSR count). The molecule has 0 aromatic rings. The fraction of sp³-hybridized carbons (Fsp3) is 0.917. The van der Waals surface area contributed by atoms with Crippen LogP contribution in [0.5, 0.6) is 0 Å². The fourth-order valence-corrected chi connectivity index (χ4v) is 1.13. The van der Waals surface area contributed by atoms with Crippen LogP contribution in [0.15, 0.2) is 0 Å². The molecule has 0 aliphatic heterocycles. The molecule has 0 saturated carbocycles. The summed E-state index contributed by atoms with van der Waals surface area (Å²) in [6.45, 7) is 3.74. The zero-order valence-corrected chi connectivity index (χ0v) is 10.6. The Kier molecular flexibility index (Phi) is 18.6. The molecule has 1 unspecified atom stereocenters. The molecule has 16 heavy (non-hydrogen) atoms. The molecule has 0 amide bonds. The summed E-state index contributed by atoms with van der Waals surface area (Å²) in [5.74, 6) is 0. The summed E-state index contributed by atoms with van der Waals surface area (Å²) < 4.78 is 0. The second kappa shape index (κ2) is 16.8. The van der Waals surface area contributed by atoms with Gasteiger partial charge < -0.3 is 17.2 Å². The zero-order chi connectivity index (χ0) is 12.6. The van der Waals surface area contributed by atoms with Gasteiger partial charge in [0, 0.05) is 0 Å². The van der Waals surface area contributed by atoms with Gasteiger partial charge >= 0.3 is 0 Å². The Morgan fingerprint density at radius 3 is 1.81 bits per heavy atom. The van der Waals surface area contributed by atoms with Crippen LogP contribution in [0.2, 0.25) is 0 Å². The highest BCUT2D eigenvalue weighted by Gasteiger charge is 1.95. The summed E-state index contributed by atoms with van der Waals surface area (Å²) in [7, 11) is 0. The van der Waals surface area contributed by atoms with Crippen LogP contribution in [0.3, 0.4) is 0 Å². The lowest BCUT2D eigenvalue weighted by atomic mass is 10.1. The number of unbranched alkanes of at least 4 members (excludes halogenated alkanes) is 4. The molecule has 0 aliphatic rings. The molecule has 0 bridgehead atoms. The van der Waals surface area contributed by atoms with Crippen molar-refractivity contribution in [3.63, 3.8) is 0 Å². The maximum atomic E-state index is 8.19. The molecule has 4 nitrogen and oxygen atoms in total. The van der Waals surface area contributed by atoms with E-state index in [2.05, 4.69) is 6.92 Å². The van der Waals surface area contributed by atoms with Gasteiger partial charge in [0.1, 0.15) is 0 Å². The van der Waals surface area contributed by atoms with E-state index in [0.717, 1.165) is 45.2 Å². The van der Waals surface area contributed by atoms with Gasteiger partial charge in [0.25, 0.3) is 0 Å². The van der Waals surface area contributed by atoms with E-state index in [9.17, 15) is 0 Å². The van der Waals surface area contributed by atoms with Gasteiger partial charge in [-0.2, -0.15) is 5.26 Å². The molecule has 96 valence electrons. The molecule has 0 aliphatic carbocycles. The Morgan fingerprint density at radius 1 is 1.00 bits per heavy atom. The highest BCUT2D eigenvalue weighted by Crippen LogP contribution is 1.95. The van der Waals surface area contributed by atoms with Crippen LogP contribution in [0.1, 0.15) is 51.9 Å². The predicted octanol–water partition coefficient (Wildman–Crippen LogP) is 1.49. The highest BCUT2D eigenvalue weighted by atomic mass is 14.6. The molecule has 0 radical (unpaired) electrons. The van der Waals surface area contributed by atoms with Crippen molar-refractivity contribution in [1.29, 1.82) is 5.26 Å². The zero-order valence-electron chi connectivity index (χ0n) is 10.6. The second-order valence-corrected chi connectivity index (χ2v) is 3.87. The van der Waals surface area contributed by atoms with Gasteiger partial charge in [-0.25, -0.2) is 0 Å². The number of rotatable bonds is 8. The number of hydrogen-bond donors (Lipinski definition) is 3. The predicted molar refractivity (Wildman–Crippen MR) is 69.7 cm³/mol. The topological polar surface area (TPSA) is 102 Å². The summed E-state index contributed by atoms with van der Waals surface area (Å²) in [6, 6.07) is 1.74. The van der Waals surface area contributed by atoms with Crippen LogP contribution in [0.4, 0.5) is 0 Å². The van der Waals surface area contributed by atoms with E-state index >= 15 is 0 Å². The van der Waals surface area contributed by atoms with Crippen LogP contribution >= 0.6 is 0 Å². The first-order chi connectivity index (χ1) is 7.72. The minimum absolute atomic E-state index is 0.241. The van der Waals surface area contributed by atoms with Gasteiger partial charge in [0.15, 0.2) is 0 Å². The van der Waals surface area contributed by atoms with Gasteiger partial charge in [-0.15, -0.1) is 0 Å². The SMILES string of the molecule is CCCCC(N)C#N.NCCCCCCN. The summed E-state index contributed by atoms with van der Waals surface area (Å²) in [5, 5.41) is 8.19. The van der Waals surface area contributed by atoms with Crippen LogP contribution in [-0.2, 0) is 0 Å². The Balaban J connectivity index is 0. The quantitative estimate of drug-likeness (QED) is 0.548. The molecule has 0 saturated heterocycles. The molecule has 0 spiro atoms. The molecule has 4 heteroatoms. The monoisotopic (exact) mass is 228 g/mol. The molecule has 1 atom stereocenters. The number of nitriles is 1. The molecule has 0 fully saturated rings. The van der Waals surface area contributed by atoms with E-state index in [0.29, 0.717) is 0 Å². The van der Waals surface area contributed by atoms with Crippen molar-refractivity contribution < 1.29 is 0 Å². The molecule has 6 N–H and O–H groups in total. The minimum Gasteiger partial charge on any atom is -0.330 e. The summed E-state index contributed by atoms with van der Waals surface area (Å²) in [5.41, 5.74) is 15.9. The van der Waals surface area contributed by atoms with Crippen molar-refractivity contribution in [3.05, 3.63) is 0 Å². The van der Waals surface area contributed by atoms with Crippen LogP contribution < -0.4 is 17.2 Å². The summed E-state index contributed by atoms with van der Waals surface area (Å²) in [4.78, 5) is 0. The van der Waals surface area contributed by atoms with Crippen molar-refractivity contribution in [2.45, 2.75) is 57.9 Å². The number of nitrogens with zero attached hydrogens (tertiary/aromatic N) is 1. The van der Waals surface area contributed by atoms with E-state index in [4.69, 9.17) is 22.5 Å². The van der Waals surface area contributed by atoms with Crippen molar-refractivity contribution in [2.24, 2.45) is 17.2 Å². The fourth-order valence-electron chi connectivity index (χ4n) is 1.13. The largest absolute Gasteiger partial charge is 0.330 e. The number of nitrogens with two attached hydrogens (primary N) is 3. The van der Waals surface area contributed by atoms with Crippen molar-refractivity contribution in [3.8, 4) is 6.07 Å². The van der Waals surface area contributed by atoms with Crippen LogP contribution in [0.25, 0.3) is 0 Å². The molecule has 0 aromatic heterocycles. The Labute approximate surface area is 100 Å². The Morgan fingerprint density at radius 2 is 1.50 bits per heavy atom. The highest BCUT2D eigenvalue weighted by molar-refractivity contribution is 4.85. The van der Waals surface area contributed by atoms with Gasteiger partial charge in [0.05, 0.1) is 12.1 Å². The first-order valence-corrected chi connectivity index (χ1v) is 6.28. The van der Waals surface area contributed by atoms with Crippen molar-refractivity contribution in [1.82, 2.24) is 0 Å². The van der Waals surface area contributed by atoms with Gasteiger partial charge in [-0.3, -0.25) is 0 Å². The molecular weight excluding hydrogens is 200 g/mol. The van der Waals surface area contributed by atoms with Gasteiger partial charge in [0.2, 0.25) is 0 Å². The number of hydrogen-bond acceptors (Lipinski definition) is 4. The lowest BCUT2D eigenvalue weighted by Crippen LogP contribution is -2.16. The lowest BCUT2D eigenvalue weighted by Gasteiger charge is -1.96. The van der Waals surface area contributed by atoms with Gasteiger partial charge in [-0.1, -0.05) is 32.6 Å². The van der Waals surface area contributed by atoms with Crippen LogP contribution in [-0.4, -0.2) is 19.1 Å². The maximum Gasteiger partial charge on any atom is 0.0928 e. The lowest BCUT2D eigenvalue weighted by molar-refractivity contribution is 0.653. The standard InChI is InChI=1S/C6H12N2.C6H16N2/c1-2-3-4-6(8)5-7;7-5-3-1-2-4-6-8/h6H,2-4,8H2,1H3;1-8H2. The van der Waals surface area contributed by atoms with Crippen molar-refractivity contribution >= 4 is 0 Å². The van der Waals surface area contributed by atoms with E-state index in [1.54, 1.807) is 0 Å². The first kappa shape index (κ1) is 17.8. The average Bonchev–Trinajstić information content (AvgIpc) is 2.32. The third-order valence-corrected chi connectivity index (χ3v) is 2.19. The van der Waals surface area contributed by atoms with E-state index in [-0.39, 0.29) is 6.04 Å². The summed E-state index contributed by atoms with van der Waals surface area (Å²) >= 11 is 0. The second-order valence-electron chi connectivity index (χ2n) is 3.87. The normalized spacial score (nSPS) is 11.2. The Bertz CT molecular complexity index is 148. The van der Waals surface area contributed by atoms with E-state index < -0.39 is 0 Å². The maximum absolute atomic E-state index is 8.19. The van der Waals surface area contributed by atoms with Crippen LogP contribution in [0, 0.1) is 11.3 Å². The first-order valence-electron chi connectivity index (χ1n) is 6.28. The molecular formula is C12H28N4. The van der Waals surface area contributed by atoms with E-state index in [1.165, 1.54) is 12.8 Å².